The maximum atomic E-state index is 5.67. The Morgan fingerprint density at radius 1 is 1.16 bits per heavy atom. The zero-order valence-electron chi connectivity index (χ0n) is 17.4. The summed E-state index contributed by atoms with van der Waals surface area (Å²) in [5.74, 6) is 3.41. The van der Waals surface area contributed by atoms with E-state index in [0.29, 0.717) is 23.3 Å². The number of hydrogen-bond acceptors (Lipinski definition) is 9. The van der Waals surface area contributed by atoms with Crippen molar-refractivity contribution in [1.29, 1.82) is 0 Å². The Kier molecular flexibility index (Phi) is 5.03. The second-order valence-electron chi connectivity index (χ2n) is 7.49. The third-order valence-electron chi connectivity index (χ3n) is 5.27. The van der Waals surface area contributed by atoms with Crippen molar-refractivity contribution in [3.8, 4) is 11.5 Å². The molecule has 0 saturated carbocycles. The zero-order chi connectivity index (χ0) is 21.2. The lowest BCUT2D eigenvalue weighted by atomic mass is 10.1. The van der Waals surface area contributed by atoms with Crippen molar-refractivity contribution in [1.82, 2.24) is 35.3 Å². The average Bonchev–Trinajstić information content (AvgIpc) is 3.54. The summed E-state index contributed by atoms with van der Waals surface area (Å²) in [7, 11) is 0. The molecule has 1 fully saturated rings. The number of H-pyrrole nitrogens is 1. The van der Waals surface area contributed by atoms with Crippen LogP contribution in [0.25, 0.3) is 11.5 Å². The molecule has 0 radical (unpaired) electrons. The predicted molar refractivity (Wildman–Crippen MR) is 115 cm³/mol. The summed E-state index contributed by atoms with van der Waals surface area (Å²) in [6.45, 7) is 4.88. The first-order valence-corrected chi connectivity index (χ1v) is 10.4. The molecule has 0 amide bonds. The van der Waals surface area contributed by atoms with Crippen LogP contribution in [0.4, 0.5) is 17.6 Å². The van der Waals surface area contributed by atoms with Crippen LogP contribution in [0.3, 0.4) is 0 Å². The summed E-state index contributed by atoms with van der Waals surface area (Å²) < 4.78 is 5.67. The fourth-order valence-corrected chi connectivity index (χ4v) is 3.77. The Morgan fingerprint density at radius 3 is 2.84 bits per heavy atom. The normalized spacial score (nSPS) is 16.1. The molecule has 0 aromatic carbocycles. The molecule has 1 atom stereocenters. The summed E-state index contributed by atoms with van der Waals surface area (Å²) in [5.41, 5.74) is 2.57. The van der Waals surface area contributed by atoms with E-state index in [2.05, 4.69) is 47.4 Å². The summed E-state index contributed by atoms with van der Waals surface area (Å²) in [4.78, 5) is 20.1. The van der Waals surface area contributed by atoms with Gasteiger partial charge in [-0.3, -0.25) is 5.10 Å². The van der Waals surface area contributed by atoms with Gasteiger partial charge in [-0.1, -0.05) is 12.1 Å². The van der Waals surface area contributed by atoms with Crippen molar-refractivity contribution < 1.29 is 4.52 Å². The van der Waals surface area contributed by atoms with Crippen LogP contribution in [0.5, 0.6) is 0 Å². The zero-order valence-corrected chi connectivity index (χ0v) is 17.4. The lowest BCUT2D eigenvalue weighted by Gasteiger charge is -2.23. The number of rotatable bonds is 6. The van der Waals surface area contributed by atoms with Gasteiger partial charge in [0.2, 0.25) is 5.95 Å². The third kappa shape index (κ3) is 3.96. The highest BCUT2D eigenvalue weighted by Gasteiger charge is 2.32. The van der Waals surface area contributed by atoms with Crippen molar-refractivity contribution in [2.75, 3.05) is 16.8 Å². The Labute approximate surface area is 179 Å². The van der Waals surface area contributed by atoms with Gasteiger partial charge in [0.1, 0.15) is 5.82 Å². The quantitative estimate of drug-likeness (QED) is 0.484. The number of anilines is 3. The minimum atomic E-state index is 0.0108. The molecule has 2 N–H and O–H groups in total. The highest BCUT2D eigenvalue weighted by Crippen LogP contribution is 2.36. The van der Waals surface area contributed by atoms with Crippen molar-refractivity contribution in [3.63, 3.8) is 0 Å². The van der Waals surface area contributed by atoms with Crippen molar-refractivity contribution >= 4 is 17.6 Å². The van der Waals surface area contributed by atoms with E-state index in [1.807, 2.05) is 25.1 Å². The van der Waals surface area contributed by atoms with E-state index >= 15 is 0 Å². The summed E-state index contributed by atoms with van der Waals surface area (Å²) in [6.07, 6.45) is 6.23. The van der Waals surface area contributed by atoms with E-state index in [1.54, 1.807) is 18.5 Å². The predicted octanol–water partition coefficient (Wildman–Crippen LogP) is 3.60. The van der Waals surface area contributed by atoms with Crippen molar-refractivity contribution in [2.45, 2.75) is 39.2 Å². The highest BCUT2D eigenvalue weighted by atomic mass is 16.5. The Bertz CT molecular complexity index is 1170. The SMILES string of the molecule is CCc1cc(Nc2cc(C)nc(N3CCCC3c3cc(-c4ncccn4)no3)n2)n[nH]1. The molecular weight excluding hydrogens is 394 g/mol. The first-order chi connectivity index (χ1) is 15.2. The lowest BCUT2D eigenvalue weighted by molar-refractivity contribution is 0.362. The first kappa shape index (κ1) is 19.2. The van der Waals surface area contributed by atoms with Crippen LogP contribution in [-0.2, 0) is 6.42 Å². The summed E-state index contributed by atoms with van der Waals surface area (Å²) >= 11 is 0. The van der Waals surface area contributed by atoms with Crippen molar-refractivity contribution in [2.24, 2.45) is 0 Å². The van der Waals surface area contributed by atoms with E-state index in [4.69, 9.17) is 9.51 Å². The van der Waals surface area contributed by atoms with Gasteiger partial charge in [-0.25, -0.2) is 15.0 Å². The van der Waals surface area contributed by atoms with Gasteiger partial charge in [0.25, 0.3) is 0 Å². The van der Waals surface area contributed by atoms with E-state index < -0.39 is 0 Å². The topological polar surface area (TPSA) is 122 Å². The van der Waals surface area contributed by atoms with Gasteiger partial charge >= 0.3 is 0 Å². The number of aromatic amines is 1. The molecule has 4 aromatic rings. The average molecular weight is 417 g/mol. The van der Waals surface area contributed by atoms with Crippen molar-refractivity contribution in [3.05, 3.63) is 53.8 Å². The number of aryl methyl sites for hydroxylation is 2. The van der Waals surface area contributed by atoms with E-state index in [9.17, 15) is 0 Å². The molecular formula is C21H23N9O. The van der Waals surface area contributed by atoms with Crippen LogP contribution in [0.2, 0.25) is 0 Å². The number of nitrogens with one attached hydrogen (secondary N) is 2. The van der Waals surface area contributed by atoms with Gasteiger partial charge in [0.05, 0.1) is 6.04 Å². The van der Waals surface area contributed by atoms with Gasteiger partial charge in [-0.2, -0.15) is 10.1 Å². The van der Waals surface area contributed by atoms with Gasteiger partial charge in [-0.05, 0) is 32.3 Å². The molecule has 158 valence electrons. The van der Waals surface area contributed by atoms with Crippen LogP contribution in [0, 0.1) is 6.92 Å². The van der Waals surface area contributed by atoms with E-state index in [1.165, 1.54) is 0 Å². The molecule has 4 aromatic heterocycles. The largest absolute Gasteiger partial charge is 0.358 e. The molecule has 1 saturated heterocycles. The maximum Gasteiger partial charge on any atom is 0.228 e. The Hall–Kier alpha value is -3.82. The summed E-state index contributed by atoms with van der Waals surface area (Å²) in [5, 5.41) is 14.7. The molecule has 5 rings (SSSR count). The Balaban J connectivity index is 1.40. The highest BCUT2D eigenvalue weighted by molar-refractivity contribution is 5.55. The molecule has 0 spiro atoms. The molecule has 1 aliphatic heterocycles. The molecule has 31 heavy (non-hydrogen) atoms. The van der Waals surface area contributed by atoms with E-state index in [-0.39, 0.29) is 6.04 Å². The first-order valence-electron chi connectivity index (χ1n) is 10.4. The van der Waals surface area contributed by atoms with Crippen LogP contribution < -0.4 is 10.2 Å². The van der Waals surface area contributed by atoms with Crippen LogP contribution in [0.15, 0.2) is 41.2 Å². The van der Waals surface area contributed by atoms with Gasteiger partial charge in [0.15, 0.2) is 23.1 Å². The second kappa shape index (κ2) is 8.13. The lowest BCUT2D eigenvalue weighted by Crippen LogP contribution is -2.25. The van der Waals surface area contributed by atoms with Gasteiger partial charge in [0, 0.05) is 48.5 Å². The van der Waals surface area contributed by atoms with Crippen LogP contribution in [0.1, 0.15) is 43.0 Å². The number of hydrogen-bond donors (Lipinski definition) is 2. The van der Waals surface area contributed by atoms with Gasteiger partial charge in [-0.15, -0.1) is 0 Å². The molecule has 1 unspecified atom stereocenters. The molecule has 10 heteroatoms. The second-order valence-corrected chi connectivity index (χ2v) is 7.49. The fraction of sp³-hybridized carbons (Fsp3) is 0.333. The molecule has 0 bridgehead atoms. The fourth-order valence-electron chi connectivity index (χ4n) is 3.77. The third-order valence-corrected chi connectivity index (χ3v) is 5.27. The summed E-state index contributed by atoms with van der Waals surface area (Å²) in [6, 6.07) is 7.59. The smallest absolute Gasteiger partial charge is 0.228 e. The maximum absolute atomic E-state index is 5.67. The molecule has 10 nitrogen and oxygen atoms in total. The number of aromatic nitrogens is 7. The van der Waals surface area contributed by atoms with Crippen LogP contribution >= 0.6 is 0 Å². The minimum Gasteiger partial charge on any atom is -0.358 e. The van der Waals surface area contributed by atoms with Crippen LogP contribution in [-0.4, -0.2) is 41.8 Å². The number of nitrogens with zero attached hydrogens (tertiary/aromatic N) is 7. The monoisotopic (exact) mass is 417 g/mol. The Morgan fingerprint density at radius 2 is 2.03 bits per heavy atom. The molecule has 5 heterocycles. The molecule has 0 aliphatic carbocycles. The molecule has 1 aliphatic rings. The minimum absolute atomic E-state index is 0.0108. The standard InChI is InChI=1S/C21H23N9O/c1-3-14-11-19(28-27-14)25-18-10-13(2)24-21(26-18)30-9-4-6-16(30)17-12-15(29-31-17)20-22-7-5-8-23-20/h5,7-8,10-12,16H,3-4,6,9H2,1-2H3,(H2,24,25,26,27,28). The van der Waals surface area contributed by atoms with Gasteiger partial charge < -0.3 is 14.7 Å². The van der Waals surface area contributed by atoms with E-state index in [0.717, 1.165) is 48.8 Å².